The number of amides is 1. The summed E-state index contributed by atoms with van der Waals surface area (Å²) in [6.07, 6.45) is 0.844. The van der Waals surface area contributed by atoms with Gasteiger partial charge in [0.25, 0.3) is 5.91 Å². The number of ether oxygens (including phenoxy) is 2. The maximum atomic E-state index is 12.1. The largest absolute Gasteiger partial charge is 0.493 e. The van der Waals surface area contributed by atoms with E-state index in [1.807, 2.05) is 37.4 Å². The molecule has 0 spiro atoms. The number of carbonyl (C=O) groups is 1. The topological polar surface area (TPSA) is 52.0 Å². The Morgan fingerprint density at radius 3 is 2.56 bits per heavy atom. The molecule has 0 saturated carbocycles. The lowest BCUT2D eigenvalue weighted by Crippen LogP contribution is -3.10. The summed E-state index contributed by atoms with van der Waals surface area (Å²) in [5.41, 5.74) is 1.86. The second kappa shape index (κ2) is 9.30. The van der Waals surface area contributed by atoms with Crippen LogP contribution in [0.15, 0.2) is 42.5 Å². The molecule has 5 nitrogen and oxygen atoms in total. The van der Waals surface area contributed by atoms with Gasteiger partial charge in [-0.3, -0.25) is 4.79 Å². The highest BCUT2D eigenvalue weighted by Crippen LogP contribution is 2.27. The van der Waals surface area contributed by atoms with Crippen LogP contribution >= 0.6 is 11.6 Å². The molecule has 0 aromatic heterocycles. The van der Waals surface area contributed by atoms with Crippen LogP contribution in [-0.2, 0) is 11.2 Å². The Bertz CT molecular complexity index is 722. The molecule has 2 aromatic carbocycles. The van der Waals surface area contributed by atoms with E-state index in [9.17, 15) is 4.79 Å². The van der Waals surface area contributed by atoms with Gasteiger partial charge in [-0.05, 0) is 35.9 Å². The zero-order valence-electron chi connectivity index (χ0n) is 14.8. The molecule has 2 aromatic rings. The van der Waals surface area contributed by atoms with Crippen LogP contribution in [0.1, 0.15) is 5.56 Å². The van der Waals surface area contributed by atoms with Crippen molar-refractivity contribution in [2.45, 2.75) is 6.42 Å². The average Bonchev–Trinajstić information content (AvgIpc) is 2.59. The van der Waals surface area contributed by atoms with Crippen LogP contribution in [0.4, 0.5) is 5.69 Å². The fourth-order valence-electron chi connectivity index (χ4n) is 2.53. The van der Waals surface area contributed by atoms with E-state index in [1.165, 1.54) is 0 Å². The van der Waals surface area contributed by atoms with Crippen molar-refractivity contribution in [1.82, 2.24) is 0 Å². The van der Waals surface area contributed by atoms with Crippen molar-refractivity contribution >= 4 is 23.2 Å². The van der Waals surface area contributed by atoms with Gasteiger partial charge >= 0.3 is 0 Å². The summed E-state index contributed by atoms with van der Waals surface area (Å²) >= 11 is 5.92. The molecule has 0 heterocycles. The minimum absolute atomic E-state index is 0.0351. The monoisotopic (exact) mass is 363 g/mol. The summed E-state index contributed by atoms with van der Waals surface area (Å²) in [4.78, 5) is 13.2. The number of carbonyl (C=O) groups excluding carboxylic acids is 1. The average molecular weight is 364 g/mol. The third kappa shape index (κ3) is 5.96. The van der Waals surface area contributed by atoms with Crippen LogP contribution in [0.25, 0.3) is 0 Å². The maximum absolute atomic E-state index is 12.1. The molecule has 0 bridgehead atoms. The van der Waals surface area contributed by atoms with Crippen LogP contribution in [0.2, 0.25) is 5.02 Å². The van der Waals surface area contributed by atoms with Gasteiger partial charge in [-0.15, -0.1) is 0 Å². The Labute approximate surface area is 153 Å². The summed E-state index contributed by atoms with van der Waals surface area (Å²) in [7, 11) is 5.24. The number of quaternary nitrogens is 1. The first kappa shape index (κ1) is 19.1. The number of hydrogen-bond acceptors (Lipinski definition) is 3. The lowest BCUT2D eigenvalue weighted by Gasteiger charge is -2.15. The molecule has 0 aliphatic rings. The van der Waals surface area contributed by atoms with Gasteiger partial charge in [0, 0.05) is 17.1 Å². The molecule has 0 radical (unpaired) electrons. The Balaban J connectivity index is 1.84. The van der Waals surface area contributed by atoms with Gasteiger partial charge in [0.15, 0.2) is 18.0 Å². The van der Waals surface area contributed by atoms with Crippen molar-refractivity contribution in [2.75, 3.05) is 39.7 Å². The highest BCUT2D eigenvalue weighted by molar-refractivity contribution is 6.30. The molecule has 1 atom stereocenters. The molecule has 2 rings (SSSR count). The highest BCUT2D eigenvalue weighted by Gasteiger charge is 2.11. The van der Waals surface area contributed by atoms with E-state index in [-0.39, 0.29) is 5.91 Å². The first-order valence-corrected chi connectivity index (χ1v) is 8.47. The van der Waals surface area contributed by atoms with Crippen LogP contribution < -0.4 is 19.7 Å². The van der Waals surface area contributed by atoms with Crippen molar-refractivity contribution < 1.29 is 19.2 Å². The smallest absolute Gasteiger partial charge is 0.279 e. The van der Waals surface area contributed by atoms with E-state index in [0.717, 1.165) is 29.2 Å². The molecule has 6 heteroatoms. The zero-order chi connectivity index (χ0) is 18.2. The summed E-state index contributed by atoms with van der Waals surface area (Å²) in [6.45, 7) is 1.22. The number of likely N-dealkylation sites (N-methyl/N-ethyl adjacent to an activating group) is 1. The van der Waals surface area contributed by atoms with Crippen LogP contribution in [0.3, 0.4) is 0 Å². The number of benzene rings is 2. The summed E-state index contributed by atoms with van der Waals surface area (Å²) in [6, 6.07) is 13.0. The SMILES string of the molecule is COc1ccc(CC[NH+](C)CC(=O)Nc2cccc(Cl)c2)cc1OC. The molecule has 0 fully saturated rings. The number of nitrogens with one attached hydrogen (secondary N) is 2. The van der Waals surface area contributed by atoms with Gasteiger partial charge in [-0.1, -0.05) is 23.7 Å². The van der Waals surface area contributed by atoms with Crippen molar-refractivity contribution in [1.29, 1.82) is 0 Å². The molecule has 0 aliphatic carbocycles. The Hall–Kier alpha value is -2.24. The second-order valence-corrected chi connectivity index (χ2v) is 6.32. The molecule has 25 heavy (non-hydrogen) atoms. The van der Waals surface area contributed by atoms with Gasteiger partial charge in [-0.2, -0.15) is 0 Å². The zero-order valence-corrected chi connectivity index (χ0v) is 15.5. The third-order valence-corrected chi connectivity index (χ3v) is 4.09. The molecule has 2 N–H and O–H groups in total. The fraction of sp³-hybridized carbons (Fsp3) is 0.316. The lowest BCUT2D eigenvalue weighted by atomic mass is 10.1. The normalized spacial score (nSPS) is 11.7. The van der Waals surface area contributed by atoms with Gasteiger partial charge in [0.05, 0.1) is 27.8 Å². The second-order valence-electron chi connectivity index (χ2n) is 5.88. The van der Waals surface area contributed by atoms with E-state index in [0.29, 0.717) is 23.0 Å². The third-order valence-electron chi connectivity index (χ3n) is 3.86. The van der Waals surface area contributed by atoms with Crippen molar-refractivity contribution in [2.24, 2.45) is 0 Å². The number of anilines is 1. The Morgan fingerprint density at radius 2 is 1.88 bits per heavy atom. The number of hydrogen-bond donors (Lipinski definition) is 2. The molecule has 1 unspecified atom stereocenters. The van der Waals surface area contributed by atoms with E-state index in [2.05, 4.69) is 5.32 Å². The van der Waals surface area contributed by atoms with E-state index >= 15 is 0 Å². The minimum Gasteiger partial charge on any atom is -0.493 e. The first-order chi connectivity index (χ1) is 12.0. The maximum Gasteiger partial charge on any atom is 0.279 e. The number of rotatable bonds is 8. The summed E-state index contributed by atoms with van der Waals surface area (Å²) < 4.78 is 10.6. The van der Waals surface area contributed by atoms with Gasteiger partial charge in [0.2, 0.25) is 0 Å². The van der Waals surface area contributed by atoms with Crippen LogP contribution in [0, 0.1) is 0 Å². The summed E-state index contributed by atoms with van der Waals surface area (Å²) in [5.74, 6) is 1.40. The van der Waals surface area contributed by atoms with Crippen molar-refractivity contribution in [3.8, 4) is 11.5 Å². The van der Waals surface area contributed by atoms with E-state index < -0.39 is 0 Å². The quantitative estimate of drug-likeness (QED) is 0.754. The Morgan fingerprint density at radius 1 is 1.12 bits per heavy atom. The Kier molecular flexibility index (Phi) is 7.10. The molecular formula is C19H24ClN2O3+. The molecule has 1 amide bonds. The van der Waals surface area contributed by atoms with Crippen LogP contribution in [-0.4, -0.2) is 40.3 Å². The molecule has 134 valence electrons. The predicted octanol–water partition coefficient (Wildman–Crippen LogP) is 2.05. The van der Waals surface area contributed by atoms with Crippen LogP contribution in [0.5, 0.6) is 11.5 Å². The summed E-state index contributed by atoms with van der Waals surface area (Å²) in [5, 5.41) is 3.47. The molecular weight excluding hydrogens is 340 g/mol. The number of halogens is 1. The van der Waals surface area contributed by atoms with Gasteiger partial charge < -0.3 is 19.7 Å². The van der Waals surface area contributed by atoms with Crippen molar-refractivity contribution in [3.63, 3.8) is 0 Å². The van der Waals surface area contributed by atoms with Gasteiger partial charge in [0.1, 0.15) is 0 Å². The van der Waals surface area contributed by atoms with E-state index in [4.69, 9.17) is 21.1 Å². The fourth-order valence-corrected chi connectivity index (χ4v) is 2.72. The standard InChI is InChI=1S/C19H23ClN2O3/c1-22(13-19(23)21-16-6-4-5-15(20)12-16)10-9-14-7-8-17(24-2)18(11-14)25-3/h4-8,11-12H,9-10,13H2,1-3H3,(H,21,23)/p+1. The molecule has 0 saturated heterocycles. The minimum atomic E-state index is -0.0351. The van der Waals surface area contributed by atoms with Gasteiger partial charge in [-0.25, -0.2) is 0 Å². The highest BCUT2D eigenvalue weighted by atomic mass is 35.5. The first-order valence-electron chi connectivity index (χ1n) is 8.09. The predicted molar refractivity (Wildman–Crippen MR) is 100.0 cm³/mol. The van der Waals surface area contributed by atoms with E-state index in [1.54, 1.807) is 26.4 Å². The lowest BCUT2D eigenvalue weighted by molar-refractivity contribution is -0.870. The molecule has 0 aliphatic heterocycles. The number of methoxy groups -OCH3 is 2. The van der Waals surface area contributed by atoms with Crippen molar-refractivity contribution in [3.05, 3.63) is 53.1 Å².